The summed E-state index contributed by atoms with van der Waals surface area (Å²) in [6, 6.07) is 8.18. The zero-order valence-corrected chi connectivity index (χ0v) is 9.86. The number of nitrogens with zero attached hydrogens (tertiary/aromatic N) is 1. The third-order valence-corrected chi connectivity index (χ3v) is 2.86. The maximum Gasteiger partial charge on any atom is 0.142 e. The van der Waals surface area contributed by atoms with Crippen LogP contribution >= 0.6 is 11.6 Å². The summed E-state index contributed by atoms with van der Waals surface area (Å²) < 4.78 is 13.3. The van der Waals surface area contributed by atoms with Gasteiger partial charge in [0.1, 0.15) is 5.82 Å². The van der Waals surface area contributed by atoms with Crippen LogP contribution in [0.4, 0.5) is 4.39 Å². The van der Waals surface area contributed by atoms with Crippen LogP contribution < -0.4 is 5.73 Å². The Balaban J connectivity index is 2.14. The van der Waals surface area contributed by atoms with Crippen molar-refractivity contribution in [2.45, 2.75) is 12.5 Å². The van der Waals surface area contributed by atoms with Gasteiger partial charge in [-0.3, -0.25) is 4.98 Å². The van der Waals surface area contributed by atoms with Crippen LogP contribution in [0.1, 0.15) is 17.2 Å². The number of aromatic nitrogens is 1. The van der Waals surface area contributed by atoms with Crippen LogP contribution in [0.15, 0.2) is 42.7 Å². The average molecular weight is 251 g/mol. The van der Waals surface area contributed by atoms with Crippen LogP contribution in [0, 0.1) is 5.82 Å². The van der Waals surface area contributed by atoms with Crippen LogP contribution in [-0.4, -0.2) is 4.98 Å². The zero-order chi connectivity index (χ0) is 12.3. The minimum absolute atomic E-state index is 0.113. The van der Waals surface area contributed by atoms with Crippen molar-refractivity contribution in [2.24, 2.45) is 5.73 Å². The van der Waals surface area contributed by atoms with Gasteiger partial charge < -0.3 is 5.73 Å². The molecule has 88 valence electrons. The summed E-state index contributed by atoms with van der Waals surface area (Å²) >= 11 is 5.62. The second-order valence-electron chi connectivity index (χ2n) is 3.85. The fourth-order valence-corrected chi connectivity index (χ4v) is 1.75. The molecular weight excluding hydrogens is 239 g/mol. The lowest BCUT2D eigenvalue weighted by molar-refractivity contribution is 0.619. The summed E-state index contributed by atoms with van der Waals surface area (Å²) in [5.74, 6) is -0.439. The van der Waals surface area contributed by atoms with Crippen LogP contribution in [-0.2, 0) is 6.42 Å². The number of benzene rings is 1. The highest BCUT2D eigenvalue weighted by atomic mass is 35.5. The van der Waals surface area contributed by atoms with Gasteiger partial charge in [-0.05, 0) is 35.7 Å². The Morgan fingerprint density at radius 2 is 2.18 bits per heavy atom. The molecule has 0 bridgehead atoms. The lowest BCUT2D eigenvalue weighted by Crippen LogP contribution is -2.13. The molecule has 0 radical (unpaired) electrons. The van der Waals surface area contributed by atoms with E-state index in [2.05, 4.69) is 4.98 Å². The minimum atomic E-state index is -0.439. The SMILES string of the molecule is NC(Cc1cccnc1)c1ccc(Cl)c(F)c1. The lowest BCUT2D eigenvalue weighted by Gasteiger charge is -2.12. The molecule has 0 saturated carbocycles. The van der Waals surface area contributed by atoms with E-state index in [1.165, 1.54) is 12.1 Å². The van der Waals surface area contributed by atoms with Crippen molar-refractivity contribution < 1.29 is 4.39 Å². The minimum Gasteiger partial charge on any atom is -0.324 e. The molecule has 2 nitrogen and oxygen atoms in total. The predicted octanol–water partition coefficient (Wildman–Crippen LogP) is 3.12. The van der Waals surface area contributed by atoms with Gasteiger partial charge in [0.25, 0.3) is 0 Å². The average Bonchev–Trinajstić information content (AvgIpc) is 2.34. The number of rotatable bonds is 3. The van der Waals surface area contributed by atoms with Gasteiger partial charge in [0.05, 0.1) is 5.02 Å². The molecule has 4 heteroatoms. The highest BCUT2D eigenvalue weighted by molar-refractivity contribution is 6.30. The van der Waals surface area contributed by atoms with Crippen LogP contribution in [0.3, 0.4) is 0 Å². The van der Waals surface area contributed by atoms with Crippen molar-refractivity contribution in [3.05, 3.63) is 64.7 Å². The maximum absolute atomic E-state index is 13.3. The molecule has 1 atom stereocenters. The molecule has 1 unspecified atom stereocenters. The number of hydrogen-bond acceptors (Lipinski definition) is 2. The van der Waals surface area contributed by atoms with Crippen molar-refractivity contribution in [2.75, 3.05) is 0 Å². The van der Waals surface area contributed by atoms with E-state index in [4.69, 9.17) is 17.3 Å². The van der Waals surface area contributed by atoms with E-state index < -0.39 is 5.82 Å². The van der Waals surface area contributed by atoms with Gasteiger partial charge in [0.15, 0.2) is 0 Å². The van der Waals surface area contributed by atoms with Crippen molar-refractivity contribution in [1.29, 1.82) is 0 Å². The molecule has 0 spiro atoms. The van der Waals surface area contributed by atoms with Gasteiger partial charge >= 0.3 is 0 Å². The lowest BCUT2D eigenvalue weighted by atomic mass is 10.0. The first kappa shape index (κ1) is 12.0. The van der Waals surface area contributed by atoms with Crippen molar-refractivity contribution in [3.8, 4) is 0 Å². The molecule has 2 aromatic rings. The Kier molecular flexibility index (Phi) is 3.71. The van der Waals surface area contributed by atoms with Crippen molar-refractivity contribution in [3.63, 3.8) is 0 Å². The highest BCUT2D eigenvalue weighted by Gasteiger charge is 2.09. The molecule has 17 heavy (non-hydrogen) atoms. The van der Waals surface area contributed by atoms with Crippen molar-refractivity contribution >= 4 is 11.6 Å². The molecule has 1 aromatic carbocycles. The second-order valence-corrected chi connectivity index (χ2v) is 4.25. The van der Waals surface area contributed by atoms with Gasteiger partial charge in [-0.1, -0.05) is 23.7 Å². The topological polar surface area (TPSA) is 38.9 Å². The van der Waals surface area contributed by atoms with Gasteiger partial charge in [0, 0.05) is 18.4 Å². The number of pyridine rings is 1. The molecule has 1 aromatic heterocycles. The summed E-state index contributed by atoms with van der Waals surface area (Å²) in [5, 5.41) is 0.113. The van der Waals surface area contributed by atoms with Gasteiger partial charge in [-0.2, -0.15) is 0 Å². The predicted molar refractivity (Wildman–Crippen MR) is 66.3 cm³/mol. The van der Waals surface area contributed by atoms with Crippen LogP contribution in [0.5, 0.6) is 0 Å². The molecule has 0 saturated heterocycles. The molecule has 2 N–H and O–H groups in total. The summed E-state index contributed by atoms with van der Waals surface area (Å²) in [7, 11) is 0. The summed E-state index contributed by atoms with van der Waals surface area (Å²) in [5.41, 5.74) is 7.76. The van der Waals surface area contributed by atoms with E-state index in [1.807, 2.05) is 12.1 Å². The first-order valence-corrected chi connectivity index (χ1v) is 5.64. The Labute approximate surface area is 104 Å². The standard InChI is InChI=1S/C13H12ClFN2/c14-11-4-3-10(7-12(11)15)13(16)6-9-2-1-5-17-8-9/h1-5,7-8,13H,6,16H2. The number of halogens is 2. The Morgan fingerprint density at radius 3 is 2.82 bits per heavy atom. The molecule has 2 rings (SSSR count). The first-order valence-electron chi connectivity index (χ1n) is 5.26. The Bertz CT molecular complexity index is 502. The quantitative estimate of drug-likeness (QED) is 0.909. The largest absolute Gasteiger partial charge is 0.324 e. The molecule has 1 heterocycles. The van der Waals surface area contributed by atoms with Gasteiger partial charge in [-0.25, -0.2) is 4.39 Å². The molecule has 0 amide bonds. The Morgan fingerprint density at radius 1 is 1.35 bits per heavy atom. The van der Waals surface area contributed by atoms with E-state index in [1.54, 1.807) is 18.5 Å². The van der Waals surface area contributed by atoms with Gasteiger partial charge in [-0.15, -0.1) is 0 Å². The third kappa shape index (κ3) is 3.02. The Hall–Kier alpha value is -1.45. The maximum atomic E-state index is 13.3. The second kappa shape index (κ2) is 5.25. The molecular formula is C13H12ClFN2. The molecule has 0 aliphatic heterocycles. The van der Waals surface area contributed by atoms with Crippen LogP contribution in [0.25, 0.3) is 0 Å². The number of hydrogen-bond donors (Lipinski definition) is 1. The van der Waals surface area contributed by atoms with E-state index in [9.17, 15) is 4.39 Å². The molecule has 0 aliphatic carbocycles. The smallest absolute Gasteiger partial charge is 0.142 e. The first-order chi connectivity index (χ1) is 8.16. The fourth-order valence-electron chi connectivity index (χ4n) is 1.63. The number of nitrogens with two attached hydrogens (primary N) is 1. The van der Waals surface area contributed by atoms with E-state index in [0.29, 0.717) is 6.42 Å². The van der Waals surface area contributed by atoms with E-state index in [0.717, 1.165) is 11.1 Å². The van der Waals surface area contributed by atoms with E-state index in [-0.39, 0.29) is 11.1 Å². The summed E-state index contributed by atoms with van der Waals surface area (Å²) in [6.07, 6.45) is 4.08. The summed E-state index contributed by atoms with van der Waals surface area (Å²) in [4.78, 5) is 4.01. The zero-order valence-electron chi connectivity index (χ0n) is 9.11. The monoisotopic (exact) mass is 250 g/mol. The normalized spacial score (nSPS) is 12.4. The fraction of sp³-hybridized carbons (Fsp3) is 0.154. The third-order valence-electron chi connectivity index (χ3n) is 2.55. The summed E-state index contributed by atoms with van der Waals surface area (Å²) in [6.45, 7) is 0. The van der Waals surface area contributed by atoms with Crippen molar-refractivity contribution in [1.82, 2.24) is 4.98 Å². The van der Waals surface area contributed by atoms with Crippen LogP contribution in [0.2, 0.25) is 5.02 Å². The van der Waals surface area contributed by atoms with E-state index >= 15 is 0 Å². The molecule has 0 aliphatic rings. The highest BCUT2D eigenvalue weighted by Crippen LogP contribution is 2.21. The molecule has 0 fully saturated rings. The van der Waals surface area contributed by atoms with Gasteiger partial charge in [0.2, 0.25) is 0 Å².